The lowest BCUT2D eigenvalue weighted by Crippen LogP contribution is -2.37. The first kappa shape index (κ1) is 15.3. The summed E-state index contributed by atoms with van der Waals surface area (Å²) in [5.41, 5.74) is 0.268. The highest BCUT2D eigenvalue weighted by Crippen LogP contribution is 2.48. The highest BCUT2D eigenvalue weighted by molar-refractivity contribution is 5.79. The Labute approximate surface area is 120 Å². The number of rotatable bonds is 7. The maximum absolute atomic E-state index is 12.1. The van der Waals surface area contributed by atoms with E-state index in [2.05, 4.69) is 5.32 Å². The van der Waals surface area contributed by atoms with Crippen LogP contribution in [0, 0.1) is 17.3 Å². The normalized spacial score (nSPS) is 27.9. The molecule has 0 heterocycles. The fourth-order valence-electron chi connectivity index (χ4n) is 3.03. The first-order chi connectivity index (χ1) is 9.56. The molecule has 2 aliphatic rings. The molecule has 1 amide bonds. The van der Waals surface area contributed by atoms with E-state index in [0.717, 1.165) is 19.6 Å². The molecule has 0 aromatic rings. The topological polar surface area (TPSA) is 75.6 Å². The van der Waals surface area contributed by atoms with Gasteiger partial charge in [0.15, 0.2) is 0 Å². The van der Waals surface area contributed by atoms with Gasteiger partial charge in [-0.2, -0.15) is 0 Å². The van der Waals surface area contributed by atoms with Crippen molar-refractivity contribution < 1.29 is 19.4 Å². The lowest BCUT2D eigenvalue weighted by molar-refractivity contribution is -0.144. The number of nitrogens with one attached hydrogen (secondary N) is 1. The van der Waals surface area contributed by atoms with Crippen molar-refractivity contribution in [3.8, 4) is 0 Å². The third-order valence-electron chi connectivity index (χ3n) is 4.88. The van der Waals surface area contributed by atoms with E-state index < -0.39 is 5.97 Å². The molecule has 2 fully saturated rings. The minimum absolute atomic E-state index is 0.00354. The fraction of sp³-hybridized carbons (Fsp3) is 0.867. The summed E-state index contributed by atoms with van der Waals surface area (Å²) in [5.74, 6) is -0.864. The van der Waals surface area contributed by atoms with Crippen LogP contribution in [0.4, 0.5) is 0 Å². The summed E-state index contributed by atoms with van der Waals surface area (Å²) in [6, 6.07) is 0. The van der Waals surface area contributed by atoms with E-state index in [4.69, 9.17) is 9.84 Å². The smallest absolute Gasteiger partial charge is 0.306 e. The molecular weight excluding hydrogens is 258 g/mol. The summed E-state index contributed by atoms with van der Waals surface area (Å²) in [6.07, 6.45) is 6.01. The molecule has 0 bridgehead atoms. The Hall–Kier alpha value is -1.10. The highest BCUT2D eigenvalue weighted by atomic mass is 16.5. The van der Waals surface area contributed by atoms with Gasteiger partial charge in [0.05, 0.1) is 5.92 Å². The Morgan fingerprint density at radius 3 is 2.30 bits per heavy atom. The molecule has 0 aliphatic heterocycles. The van der Waals surface area contributed by atoms with E-state index in [-0.39, 0.29) is 23.2 Å². The molecule has 0 atom stereocenters. The van der Waals surface area contributed by atoms with Crippen LogP contribution in [0.1, 0.15) is 44.9 Å². The third-order valence-corrected chi connectivity index (χ3v) is 4.88. The predicted molar refractivity (Wildman–Crippen MR) is 74.3 cm³/mol. The van der Waals surface area contributed by atoms with Gasteiger partial charge in [-0.05, 0) is 50.4 Å². The number of aliphatic carboxylic acids is 1. The zero-order valence-corrected chi connectivity index (χ0v) is 12.2. The van der Waals surface area contributed by atoms with Crippen LogP contribution in [0.3, 0.4) is 0 Å². The van der Waals surface area contributed by atoms with E-state index >= 15 is 0 Å². The van der Waals surface area contributed by atoms with E-state index in [0.29, 0.717) is 25.7 Å². The maximum Gasteiger partial charge on any atom is 0.306 e. The van der Waals surface area contributed by atoms with Gasteiger partial charge in [-0.1, -0.05) is 0 Å². The minimum atomic E-state index is -0.722. The number of ether oxygens (including phenoxy) is 1. The molecule has 0 aromatic carbocycles. The summed E-state index contributed by atoms with van der Waals surface area (Å²) in [6.45, 7) is 1.49. The van der Waals surface area contributed by atoms with Crippen LogP contribution in [-0.4, -0.2) is 37.2 Å². The van der Waals surface area contributed by atoms with Gasteiger partial charge in [-0.3, -0.25) is 9.59 Å². The number of carbonyl (C=O) groups excluding carboxylic acids is 1. The lowest BCUT2D eigenvalue weighted by atomic mass is 9.81. The molecule has 2 aliphatic carbocycles. The van der Waals surface area contributed by atoms with Crippen LogP contribution in [0.15, 0.2) is 0 Å². The van der Waals surface area contributed by atoms with Crippen molar-refractivity contribution in [3.05, 3.63) is 0 Å². The van der Waals surface area contributed by atoms with Crippen LogP contribution in [-0.2, 0) is 14.3 Å². The summed E-state index contributed by atoms with van der Waals surface area (Å²) in [4.78, 5) is 23.0. The Morgan fingerprint density at radius 2 is 1.80 bits per heavy atom. The number of carboxylic acids is 1. The molecule has 0 unspecified atom stereocenters. The number of carboxylic acid groups (broad SMARTS) is 1. The predicted octanol–water partition coefficient (Wildman–Crippen LogP) is 1.81. The molecule has 0 aromatic heterocycles. The molecule has 5 heteroatoms. The number of methoxy groups -OCH3 is 1. The van der Waals surface area contributed by atoms with Gasteiger partial charge >= 0.3 is 5.97 Å². The second kappa shape index (κ2) is 6.57. The van der Waals surface area contributed by atoms with E-state index in [1.54, 1.807) is 7.11 Å². The lowest BCUT2D eigenvalue weighted by Gasteiger charge is -2.26. The number of hydrogen-bond acceptors (Lipinski definition) is 3. The average molecular weight is 283 g/mol. The van der Waals surface area contributed by atoms with Gasteiger partial charge in [0.1, 0.15) is 0 Å². The SMILES string of the molecule is COCCC1(CNC(=O)C2CCC(C(=O)O)CC2)CC1. The molecule has 20 heavy (non-hydrogen) atoms. The average Bonchev–Trinajstić information content (AvgIpc) is 3.23. The monoisotopic (exact) mass is 283 g/mol. The number of hydrogen-bond donors (Lipinski definition) is 2. The molecular formula is C15H25NO4. The summed E-state index contributed by atoms with van der Waals surface area (Å²) >= 11 is 0. The Bertz CT molecular complexity index is 357. The Balaban J connectivity index is 1.69. The zero-order valence-electron chi connectivity index (χ0n) is 12.2. The largest absolute Gasteiger partial charge is 0.481 e. The highest BCUT2D eigenvalue weighted by Gasteiger charge is 2.42. The van der Waals surface area contributed by atoms with Crippen molar-refractivity contribution in [2.24, 2.45) is 17.3 Å². The molecule has 114 valence electrons. The molecule has 0 spiro atoms. The van der Waals surface area contributed by atoms with Crippen molar-refractivity contribution >= 4 is 11.9 Å². The van der Waals surface area contributed by atoms with Gasteiger partial charge in [0, 0.05) is 26.2 Å². The molecule has 2 saturated carbocycles. The second-order valence-corrected chi connectivity index (χ2v) is 6.35. The number of carbonyl (C=O) groups is 2. The van der Waals surface area contributed by atoms with E-state index in [1.165, 1.54) is 12.8 Å². The second-order valence-electron chi connectivity index (χ2n) is 6.35. The van der Waals surface area contributed by atoms with Gasteiger partial charge in [-0.25, -0.2) is 0 Å². The molecule has 5 nitrogen and oxygen atoms in total. The third kappa shape index (κ3) is 3.95. The van der Waals surface area contributed by atoms with Crippen LogP contribution in [0.5, 0.6) is 0 Å². The van der Waals surface area contributed by atoms with Gasteiger partial charge in [0.25, 0.3) is 0 Å². The van der Waals surface area contributed by atoms with E-state index in [1.807, 2.05) is 0 Å². The van der Waals surface area contributed by atoms with Gasteiger partial charge < -0.3 is 15.2 Å². The van der Waals surface area contributed by atoms with Crippen molar-refractivity contribution in [1.82, 2.24) is 5.32 Å². The summed E-state index contributed by atoms with van der Waals surface area (Å²) in [7, 11) is 1.70. The first-order valence-corrected chi connectivity index (χ1v) is 7.56. The molecule has 0 saturated heterocycles. The summed E-state index contributed by atoms with van der Waals surface area (Å²) in [5, 5.41) is 12.0. The molecule has 2 N–H and O–H groups in total. The minimum Gasteiger partial charge on any atom is -0.481 e. The molecule has 0 radical (unpaired) electrons. The van der Waals surface area contributed by atoms with Crippen molar-refractivity contribution in [2.45, 2.75) is 44.9 Å². The maximum atomic E-state index is 12.1. The molecule has 2 rings (SSSR count). The quantitative estimate of drug-likeness (QED) is 0.747. The fourth-order valence-corrected chi connectivity index (χ4v) is 3.03. The summed E-state index contributed by atoms with van der Waals surface area (Å²) < 4.78 is 5.11. The van der Waals surface area contributed by atoms with Gasteiger partial charge in [0.2, 0.25) is 5.91 Å². The first-order valence-electron chi connectivity index (χ1n) is 7.56. The Morgan fingerprint density at radius 1 is 1.20 bits per heavy atom. The van der Waals surface area contributed by atoms with Gasteiger partial charge in [-0.15, -0.1) is 0 Å². The Kier molecular flexibility index (Phi) is 5.02. The van der Waals surface area contributed by atoms with Crippen molar-refractivity contribution in [1.29, 1.82) is 0 Å². The van der Waals surface area contributed by atoms with Crippen LogP contribution in [0.2, 0.25) is 0 Å². The van der Waals surface area contributed by atoms with Crippen LogP contribution in [0.25, 0.3) is 0 Å². The number of amides is 1. The van der Waals surface area contributed by atoms with Crippen LogP contribution >= 0.6 is 0 Å². The zero-order chi connectivity index (χ0) is 14.6. The van der Waals surface area contributed by atoms with E-state index in [9.17, 15) is 9.59 Å². The van der Waals surface area contributed by atoms with Crippen molar-refractivity contribution in [2.75, 3.05) is 20.3 Å². The van der Waals surface area contributed by atoms with Crippen LogP contribution < -0.4 is 5.32 Å². The van der Waals surface area contributed by atoms with Crippen molar-refractivity contribution in [3.63, 3.8) is 0 Å². The standard InChI is InChI=1S/C15H25NO4/c1-20-9-8-15(6-7-15)10-16-13(17)11-2-4-12(5-3-11)14(18)19/h11-12H,2-10H2,1H3,(H,16,17)(H,18,19).